The molecule has 1 fully saturated rings. The highest BCUT2D eigenvalue weighted by Crippen LogP contribution is 2.24. The molecule has 1 saturated heterocycles. The molecule has 22 heavy (non-hydrogen) atoms. The Labute approximate surface area is 137 Å². The first-order chi connectivity index (χ1) is 10.5. The molecule has 0 radical (unpaired) electrons. The number of rotatable bonds is 7. The zero-order valence-electron chi connectivity index (χ0n) is 13.7. The van der Waals surface area contributed by atoms with E-state index in [0.29, 0.717) is 13.1 Å². The fourth-order valence-electron chi connectivity index (χ4n) is 2.58. The smallest absolute Gasteiger partial charge is 0.213 e. The number of hydrogen-bond donors (Lipinski definition) is 0. The summed E-state index contributed by atoms with van der Waals surface area (Å²) in [5.41, 5.74) is 0. The van der Waals surface area contributed by atoms with E-state index in [1.807, 2.05) is 6.20 Å². The van der Waals surface area contributed by atoms with Crippen LogP contribution in [0.3, 0.4) is 0 Å². The van der Waals surface area contributed by atoms with Gasteiger partial charge >= 0.3 is 0 Å². The van der Waals surface area contributed by atoms with Crippen LogP contribution in [0.4, 0.5) is 5.13 Å². The van der Waals surface area contributed by atoms with Crippen LogP contribution in [0, 0.1) is 0 Å². The minimum absolute atomic E-state index is 0.190. The predicted octanol–water partition coefficient (Wildman–Crippen LogP) is 1.46. The SMILES string of the molecule is CCN(CC)c1ncc(CN2CCN(S(=O)(=O)CC)CC2)s1. The minimum atomic E-state index is -3.04. The van der Waals surface area contributed by atoms with Crippen molar-refractivity contribution in [2.75, 3.05) is 49.9 Å². The zero-order chi connectivity index (χ0) is 16.2. The molecule has 0 aliphatic carbocycles. The molecule has 0 saturated carbocycles. The molecule has 2 rings (SSSR count). The Morgan fingerprint density at radius 2 is 1.82 bits per heavy atom. The molecule has 0 bridgehead atoms. The number of anilines is 1. The second-order valence-electron chi connectivity index (χ2n) is 5.36. The van der Waals surface area contributed by atoms with E-state index < -0.39 is 10.0 Å². The van der Waals surface area contributed by atoms with Crippen molar-refractivity contribution in [3.63, 3.8) is 0 Å². The lowest BCUT2D eigenvalue weighted by Crippen LogP contribution is -2.48. The van der Waals surface area contributed by atoms with Crippen molar-refractivity contribution < 1.29 is 8.42 Å². The number of thiazole rings is 1. The van der Waals surface area contributed by atoms with E-state index in [1.54, 1.807) is 22.6 Å². The average Bonchev–Trinajstić information content (AvgIpc) is 2.97. The lowest BCUT2D eigenvalue weighted by atomic mass is 10.3. The lowest BCUT2D eigenvalue weighted by molar-refractivity contribution is 0.183. The average molecular weight is 347 g/mol. The Balaban J connectivity index is 1.89. The van der Waals surface area contributed by atoms with E-state index in [9.17, 15) is 8.42 Å². The predicted molar refractivity (Wildman–Crippen MR) is 92.0 cm³/mol. The molecule has 0 amide bonds. The number of piperazine rings is 1. The standard InChI is InChI=1S/C14H26N4O2S2/c1-4-17(5-2)14-15-11-13(21-14)12-16-7-9-18(10-8-16)22(19,20)6-3/h11H,4-10,12H2,1-3H3. The highest BCUT2D eigenvalue weighted by Gasteiger charge is 2.25. The van der Waals surface area contributed by atoms with Crippen LogP contribution in [0.5, 0.6) is 0 Å². The highest BCUT2D eigenvalue weighted by atomic mass is 32.2. The van der Waals surface area contributed by atoms with Crippen LogP contribution >= 0.6 is 11.3 Å². The molecule has 0 spiro atoms. The Hall–Kier alpha value is -0.700. The normalized spacial score (nSPS) is 17.8. The van der Waals surface area contributed by atoms with Gasteiger partial charge in [-0.1, -0.05) is 0 Å². The maximum Gasteiger partial charge on any atom is 0.213 e. The van der Waals surface area contributed by atoms with Gasteiger partial charge in [-0.2, -0.15) is 4.31 Å². The van der Waals surface area contributed by atoms with Crippen molar-refractivity contribution in [3.05, 3.63) is 11.1 Å². The van der Waals surface area contributed by atoms with Gasteiger partial charge in [-0.3, -0.25) is 4.90 Å². The third kappa shape index (κ3) is 4.18. The lowest BCUT2D eigenvalue weighted by Gasteiger charge is -2.33. The van der Waals surface area contributed by atoms with Gasteiger partial charge in [-0.25, -0.2) is 13.4 Å². The van der Waals surface area contributed by atoms with Crippen LogP contribution < -0.4 is 4.90 Å². The van der Waals surface area contributed by atoms with Crippen molar-refractivity contribution in [1.82, 2.24) is 14.2 Å². The van der Waals surface area contributed by atoms with Gasteiger partial charge < -0.3 is 4.90 Å². The van der Waals surface area contributed by atoms with Gasteiger partial charge in [0, 0.05) is 56.9 Å². The van der Waals surface area contributed by atoms with E-state index in [2.05, 4.69) is 28.6 Å². The first-order valence-electron chi connectivity index (χ1n) is 7.90. The first-order valence-corrected chi connectivity index (χ1v) is 10.3. The van der Waals surface area contributed by atoms with Crippen molar-refractivity contribution in [2.24, 2.45) is 0 Å². The van der Waals surface area contributed by atoms with E-state index in [-0.39, 0.29) is 5.75 Å². The third-order valence-electron chi connectivity index (χ3n) is 4.04. The topological polar surface area (TPSA) is 56.8 Å². The number of sulfonamides is 1. The molecular formula is C14H26N4O2S2. The summed E-state index contributed by atoms with van der Waals surface area (Å²) in [5, 5.41) is 1.08. The minimum Gasteiger partial charge on any atom is -0.349 e. The summed E-state index contributed by atoms with van der Waals surface area (Å²) < 4.78 is 25.3. The molecule has 126 valence electrons. The van der Waals surface area contributed by atoms with Crippen molar-refractivity contribution >= 4 is 26.5 Å². The monoisotopic (exact) mass is 346 g/mol. The molecule has 0 unspecified atom stereocenters. The van der Waals surface area contributed by atoms with Gasteiger partial charge in [0.05, 0.1) is 5.75 Å². The Kier molecular flexibility index (Phi) is 6.19. The summed E-state index contributed by atoms with van der Waals surface area (Å²) in [6.45, 7) is 11.5. The molecule has 1 aliphatic rings. The summed E-state index contributed by atoms with van der Waals surface area (Å²) in [7, 11) is -3.04. The van der Waals surface area contributed by atoms with Crippen LogP contribution in [-0.4, -0.2) is 67.6 Å². The van der Waals surface area contributed by atoms with E-state index in [0.717, 1.165) is 37.9 Å². The van der Waals surface area contributed by atoms with Crippen LogP contribution in [0.2, 0.25) is 0 Å². The van der Waals surface area contributed by atoms with Gasteiger partial charge in [0.1, 0.15) is 0 Å². The largest absolute Gasteiger partial charge is 0.349 e. The van der Waals surface area contributed by atoms with Crippen LogP contribution in [-0.2, 0) is 16.6 Å². The summed E-state index contributed by atoms with van der Waals surface area (Å²) in [6, 6.07) is 0. The van der Waals surface area contributed by atoms with E-state index >= 15 is 0 Å². The molecule has 6 nitrogen and oxygen atoms in total. The number of nitrogens with zero attached hydrogens (tertiary/aromatic N) is 4. The Bertz CT molecular complexity index is 561. The summed E-state index contributed by atoms with van der Waals surface area (Å²) in [5.74, 6) is 0.190. The second-order valence-corrected chi connectivity index (χ2v) is 8.71. The van der Waals surface area contributed by atoms with Crippen LogP contribution in [0.1, 0.15) is 25.6 Å². The van der Waals surface area contributed by atoms with Crippen molar-refractivity contribution in [3.8, 4) is 0 Å². The summed E-state index contributed by atoms with van der Waals surface area (Å²) >= 11 is 1.74. The molecule has 1 aliphatic heterocycles. The molecule has 0 atom stereocenters. The van der Waals surface area contributed by atoms with Gasteiger partial charge in [0.15, 0.2) is 5.13 Å². The van der Waals surface area contributed by atoms with Gasteiger partial charge in [0.25, 0.3) is 0 Å². The molecule has 8 heteroatoms. The summed E-state index contributed by atoms with van der Waals surface area (Å²) in [6.07, 6.45) is 1.95. The van der Waals surface area contributed by atoms with E-state index in [4.69, 9.17) is 0 Å². The van der Waals surface area contributed by atoms with Crippen LogP contribution in [0.15, 0.2) is 6.20 Å². The molecule has 2 heterocycles. The molecular weight excluding hydrogens is 320 g/mol. The maximum atomic E-state index is 11.9. The second kappa shape index (κ2) is 7.72. The van der Waals surface area contributed by atoms with Crippen LogP contribution in [0.25, 0.3) is 0 Å². The van der Waals surface area contributed by atoms with Crippen molar-refractivity contribution in [2.45, 2.75) is 27.3 Å². The Morgan fingerprint density at radius 1 is 1.18 bits per heavy atom. The van der Waals surface area contributed by atoms with Gasteiger partial charge in [-0.15, -0.1) is 11.3 Å². The van der Waals surface area contributed by atoms with Gasteiger partial charge in [-0.05, 0) is 20.8 Å². The fraction of sp³-hybridized carbons (Fsp3) is 0.786. The number of hydrogen-bond acceptors (Lipinski definition) is 6. The first kappa shape index (κ1) is 17.7. The summed E-state index contributed by atoms with van der Waals surface area (Å²) in [4.78, 5) is 10.3. The third-order valence-corrected chi connectivity index (χ3v) is 6.97. The van der Waals surface area contributed by atoms with Crippen molar-refractivity contribution in [1.29, 1.82) is 0 Å². The number of aromatic nitrogens is 1. The molecule has 0 N–H and O–H groups in total. The fourth-order valence-corrected chi connectivity index (χ4v) is 4.74. The molecule has 1 aromatic rings. The quantitative estimate of drug-likeness (QED) is 0.748. The molecule has 0 aromatic carbocycles. The van der Waals surface area contributed by atoms with Gasteiger partial charge in [0.2, 0.25) is 10.0 Å². The van der Waals surface area contributed by atoms with E-state index in [1.165, 1.54) is 4.88 Å². The zero-order valence-corrected chi connectivity index (χ0v) is 15.3. The highest BCUT2D eigenvalue weighted by molar-refractivity contribution is 7.89. The molecule has 1 aromatic heterocycles. The Morgan fingerprint density at radius 3 is 2.36 bits per heavy atom. The maximum absolute atomic E-state index is 11.9.